The van der Waals surface area contributed by atoms with Crippen LogP contribution in [0.5, 0.6) is 0 Å². The fourth-order valence-electron chi connectivity index (χ4n) is 3.67. The number of ether oxygens (including phenoxy) is 1. The van der Waals surface area contributed by atoms with Gasteiger partial charge in [0.1, 0.15) is 17.7 Å². The molecule has 1 aromatic carbocycles. The molecule has 194 valence electrons. The summed E-state index contributed by atoms with van der Waals surface area (Å²) in [5.74, 6) is -1.76. The summed E-state index contributed by atoms with van der Waals surface area (Å²) in [6.45, 7) is 14.6. The van der Waals surface area contributed by atoms with Crippen LogP contribution in [0.25, 0.3) is 6.08 Å². The van der Waals surface area contributed by atoms with E-state index in [0.717, 1.165) is 18.4 Å². The summed E-state index contributed by atoms with van der Waals surface area (Å²) >= 11 is 0. The van der Waals surface area contributed by atoms with Crippen LogP contribution >= 0.6 is 0 Å². The van der Waals surface area contributed by atoms with Crippen molar-refractivity contribution in [1.82, 2.24) is 15.5 Å². The first-order valence-corrected chi connectivity index (χ1v) is 11.9. The second kappa shape index (κ2) is 13.5. The summed E-state index contributed by atoms with van der Waals surface area (Å²) in [6, 6.07) is 4.75. The highest BCUT2D eigenvalue weighted by atomic mass is 16.6. The number of primary amides is 1. The van der Waals surface area contributed by atoms with Gasteiger partial charge in [-0.2, -0.15) is 0 Å². The zero-order valence-corrected chi connectivity index (χ0v) is 21.7. The molecular weight excluding hydrogens is 448 g/mol. The van der Waals surface area contributed by atoms with Crippen LogP contribution in [0.3, 0.4) is 0 Å². The first-order valence-electron chi connectivity index (χ1n) is 11.9. The Hall–Kier alpha value is -3.36. The zero-order chi connectivity index (χ0) is 26.8. The third kappa shape index (κ3) is 9.80. The summed E-state index contributed by atoms with van der Waals surface area (Å²) in [4.78, 5) is 52.6. The molecule has 0 saturated carbocycles. The maximum absolute atomic E-state index is 13.6. The second-order valence-corrected chi connectivity index (χ2v) is 9.47. The summed E-state index contributed by atoms with van der Waals surface area (Å²) in [7, 11) is 0. The monoisotopic (exact) mass is 488 g/mol. The van der Waals surface area contributed by atoms with Gasteiger partial charge in [0.15, 0.2) is 0 Å². The van der Waals surface area contributed by atoms with Crippen LogP contribution in [-0.4, -0.2) is 52.9 Å². The van der Waals surface area contributed by atoms with Crippen LogP contribution < -0.4 is 16.4 Å². The number of carbonyl (C=O) groups excluding carboxylic acids is 4. The number of carbonyl (C=O) groups is 4. The molecule has 4 amide bonds. The first-order chi connectivity index (χ1) is 16.3. The van der Waals surface area contributed by atoms with E-state index in [0.29, 0.717) is 5.56 Å². The van der Waals surface area contributed by atoms with Gasteiger partial charge in [-0.25, -0.2) is 4.79 Å². The van der Waals surface area contributed by atoms with Gasteiger partial charge in [0, 0.05) is 12.6 Å². The van der Waals surface area contributed by atoms with Crippen molar-refractivity contribution in [2.24, 2.45) is 5.73 Å². The summed E-state index contributed by atoms with van der Waals surface area (Å²) in [6.07, 6.45) is 2.00. The highest BCUT2D eigenvalue weighted by molar-refractivity contribution is 5.94. The molecule has 9 nitrogen and oxygen atoms in total. The van der Waals surface area contributed by atoms with Crippen LogP contribution in [0.15, 0.2) is 30.8 Å². The van der Waals surface area contributed by atoms with Crippen molar-refractivity contribution >= 4 is 29.9 Å². The Morgan fingerprint density at radius 2 is 1.83 bits per heavy atom. The lowest BCUT2D eigenvalue weighted by molar-refractivity contribution is -0.143. The largest absolute Gasteiger partial charge is 0.444 e. The van der Waals surface area contributed by atoms with Crippen LogP contribution in [0, 0.1) is 0 Å². The molecule has 0 aliphatic carbocycles. The van der Waals surface area contributed by atoms with Crippen LogP contribution in [0.1, 0.15) is 78.0 Å². The molecule has 9 heteroatoms. The van der Waals surface area contributed by atoms with Gasteiger partial charge < -0.3 is 26.0 Å². The number of alkyl carbamates (subject to hydrolysis) is 1. The Bertz CT molecular complexity index is 909. The first kappa shape index (κ1) is 29.7. The van der Waals surface area contributed by atoms with E-state index in [4.69, 9.17) is 10.5 Å². The number of nitrogens with zero attached hydrogens (tertiary/aromatic N) is 1. The Kier molecular flexibility index (Phi) is 11.5. The van der Waals surface area contributed by atoms with Crippen LogP contribution in [0.2, 0.25) is 0 Å². The Morgan fingerprint density at radius 3 is 2.34 bits per heavy atom. The Labute approximate surface area is 208 Å². The number of hydrogen-bond acceptors (Lipinski definition) is 5. The van der Waals surface area contributed by atoms with E-state index in [1.54, 1.807) is 52.0 Å². The smallest absolute Gasteiger partial charge is 0.408 e. The number of hydrogen-bond donors (Lipinski definition) is 3. The number of benzene rings is 1. The van der Waals surface area contributed by atoms with Crippen molar-refractivity contribution in [3.63, 3.8) is 0 Å². The molecule has 35 heavy (non-hydrogen) atoms. The predicted octanol–water partition coefficient (Wildman–Crippen LogP) is 3.29. The van der Waals surface area contributed by atoms with Crippen molar-refractivity contribution in [2.75, 3.05) is 6.54 Å². The molecule has 0 spiro atoms. The molecule has 0 bridgehead atoms. The van der Waals surface area contributed by atoms with Gasteiger partial charge in [0.05, 0.1) is 6.42 Å². The molecule has 0 radical (unpaired) electrons. The van der Waals surface area contributed by atoms with Crippen molar-refractivity contribution < 1.29 is 23.9 Å². The van der Waals surface area contributed by atoms with Crippen LogP contribution in [-0.2, 0) is 19.1 Å². The van der Waals surface area contributed by atoms with E-state index >= 15 is 0 Å². The normalized spacial score (nSPS) is 13.7. The minimum absolute atomic E-state index is 0.104. The average Bonchev–Trinajstić information content (AvgIpc) is 2.74. The predicted molar refractivity (Wildman–Crippen MR) is 136 cm³/mol. The lowest BCUT2D eigenvalue weighted by atomic mass is 9.99. The fraction of sp³-hybridized carbons (Fsp3) is 0.538. The molecule has 3 atom stereocenters. The Balaban J connectivity index is 3.42. The molecule has 0 saturated heterocycles. The maximum atomic E-state index is 13.6. The third-order valence-corrected chi connectivity index (χ3v) is 5.15. The molecule has 4 N–H and O–H groups in total. The number of amides is 4. The third-order valence-electron chi connectivity index (χ3n) is 5.15. The van der Waals surface area contributed by atoms with Gasteiger partial charge in [-0.15, -0.1) is 0 Å². The topological polar surface area (TPSA) is 131 Å². The lowest BCUT2D eigenvalue weighted by Crippen LogP contribution is -2.54. The standard InChI is InChI=1S/C26H40N4O5/c1-8-12-17(4)28-23(32)22(19-14-11-13-18(9-2)15-19)30(10-3)24(33)20(16-21(27)31)29-25(34)35-26(5,6)7/h9,11,13-15,17,20,22H,2,8,10,12,16H2,1,3-7H3,(H2,27,31)(H,28,32)(H,29,34). The molecule has 0 aromatic heterocycles. The summed E-state index contributed by atoms with van der Waals surface area (Å²) in [5, 5.41) is 5.42. The fourth-order valence-corrected chi connectivity index (χ4v) is 3.67. The number of rotatable bonds is 12. The number of likely N-dealkylation sites (N-methyl/N-ethyl adjacent to an activating group) is 1. The highest BCUT2D eigenvalue weighted by Crippen LogP contribution is 2.24. The van der Waals surface area contributed by atoms with Crippen LogP contribution in [0.4, 0.5) is 4.79 Å². The van der Waals surface area contributed by atoms with E-state index in [2.05, 4.69) is 17.2 Å². The number of nitrogens with one attached hydrogen (secondary N) is 2. The van der Waals surface area contributed by atoms with E-state index in [9.17, 15) is 19.2 Å². The van der Waals surface area contributed by atoms with Gasteiger partial charge in [0.2, 0.25) is 17.7 Å². The van der Waals surface area contributed by atoms with E-state index < -0.39 is 42.0 Å². The van der Waals surface area contributed by atoms with Gasteiger partial charge in [-0.3, -0.25) is 14.4 Å². The van der Waals surface area contributed by atoms with Gasteiger partial charge in [0.25, 0.3) is 0 Å². The Morgan fingerprint density at radius 1 is 1.17 bits per heavy atom. The van der Waals surface area contributed by atoms with Crippen molar-refractivity contribution in [2.45, 2.75) is 84.5 Å². The summed E-state index contributed by atoms with van der Waals surface area (Å²) in [5.41, 5.74) is 5.92. The SMILES string of the molecule is C=Cc1cccc(C(C(=O)NC(C)CCC)N(CC)C(=O)C(CC(N)=O)NC(=O)OC(C)(C)C)c1. The van der Waals surface area contributed by atoms with E-state index in [1.165, 1.54) is 4.90 Å². The van der Waals surface area contributed by atoms with Crippen molar-refractivity contribution in [3.8, 4) is 0 Å². The minimum atomic E-state index is -1.30. The molecule has 0 fully saturated rings. The van der Waals surface area contributed by atoms with E-state index in [1.807, 2.05) is 19.9 Å². The molecular formula is C26H40N4O5. The van der Waals surface area contributed by atoms with Crippen molar-refractivity contribution in [1.29, 1.82) is 0 Å². The molecule has 0 heterocycles. The molecule has 3 unspecified atom stereocenters. The van der Waals surface area contributed by atoms with Gasteiger partial charge in [-0.05, 0) is 58.2 Å². The molecule has 0 aliphatic rings. The highest BCUT2D eigenvalue weighted by Gasteiger charge is 2.36. The van der Waals surface area contributed by atoms with E-state index in [-0.39, 0.29) is 18.5 Å². The summed E-state index contributed by atoms with van der Waals surface area (Å²) < 4.78 is 5.25. The molecule has 1 rings (SSSR count). The van der Waals surface area contributed by atoms with Gasteiger partial charge in [-0.1, -0.05) is 44.2 Å². The van der Waals surface area contributed by atoms with Gasteiger partial charge >= 0.3 is 6.09 Å². The minimum Gasteiger partial charge on any atom is -0.444 e. The number of nitrogens with two attached hydrogens (primary N) is 1. The molecule has 1 aromatic rings. The zero-order valence-electron chi connectivity index (χ0n) is 21.7. The lowest BCUT2D eigenvalue weighted by Gasteiger charge is -2.34. The quantitative estimate of drug-likeness (QED) is 0.415. The molecule has 0 aliphatic heterocycles. The average molecular weight is 489 g/mol. The van der Waals surface area contributed by atoms with Crippen molar-refractivity contribution in [3.05, 3.63) is 42.0 Å². The second-order valence-electron chi connectivity index (χ2n) is 9.47. The maximum Gasteiger partial charge on any atom is 0.408 e.